The van der Waals surface area contributed by atoms with E-state index in [1.807, 2.05) is 61.5 Å². The second-order valence-corrected chi connectivity index (χ2v) is 11.1. The molecule has 0 aliphatic carbocycles. The van der Waals surface area contributed by atoms with Crippen molar-refractivity contribution in [3.05, 3.63) is 95.5 Å². The van der Waals surface area contributed by atoms with Gasteiger partial charge in [-0.25, -0.2) is 8.42 Å². The molecule has 8 heteroatoms. The number of aromatic nitrogens is 2. The number of nitrogens with two attached hydrogens (primary N) is 1. The average molecular weight is 520 g/mol. The van der Waals surface area contributed by atoms with E-state index in [1.54, 1.807) is 35.0 Å². The molecule has 36 heavy (non-hydrogen) atoms. The molecule has 0 spiro atoms. The number of nitrogens with zero attached hydrogens (tertiary/aromatic N) is 2. The molecule has 0 saturated heterocycles. The van der Waals surface area contributed by atoms with Crippen molar-refractivity contribution >= 4 is 43.1 Å². The minimum absolute atomic E-state index is 0.00600. The second kappa shape index (κ2) is 9.93. The van der Waals surface area contributed by atoms with Gasteiger partial charge in [0, 0.05) is 21.8 Å². The molecule has 0 amide bonds. The summed E-state index contributed by atoms with van der Waals surface area (Å²) in [6.07, 6.45) is 0.667. The molecule has 1 atom stereocenters. The van der Waals surface area contributed by atoms with Crippen molar-refractivity contribution in [2.75, 3.05) is 6.61 Å². The van der Waals surface area contributed by atoms with Gasteiger partial charge in [-0.1, -0.05) is 66.2 Å². The minimum atomic E-state index is -3.96. The van der Waals surface area contributed by atoms with Crippen LogP contribution in [0.25, 0.3) is 21.7 Å². The predicted octanol–water partition coefficient (Wildman–Crippen LogP) is 5.84. The summed E-state index contributed by atoms with van der Waals surface area (Å²) >= 11 is 6.21. The Labute approximate surface area is 215 Å². The summed E-state index contributed by atoms with van der Waals surface area (Å²) in [5, 5.41) is 7.25. The van der Waals surface area contributed by atoms with E-state index >= 15 is 0 Å². The third kappa shape index (κ3) is 4.69. The van der Waals surface area contributed by atoms with E-state index in [4.69, 9.17) is 22.1 Å². The highest BCUT2D eigenvalue weighted by molar-refractivity contribution is 7.91. The summed E-state index contributed by atoms with van der Waals surface area (Å²) < 4.78 is 35.8. The van der Waals surface area contributed by atoms with Gasteiger partial charge in [-0.05, 0) is 54.6 Å². The molecule has 0 saturated carbocycles. The van der Waals surface area contributed by atoms with Gasteiger partial charge in [0.05, 0.1) is 18.0 Å². The lowest BCUT2D eigenvalue weighted by molar-refractivity contribution is 0.303. The van der Waals surface area contributed by atoms with Crippen LogP contribution in [0.3, 0.4) is 0 Å². The van der Waals surface area contributed by atoms with Crippen LogP contribution in [0.1, 0.15) is 18.9 Å². The normalized spacial score (nSPS) is 12.8. The number of ether oxygens (including phenoxy) is 1. The molecule has 0 aliphatic rings. The van der Waals surface area contributed by atoms with Crippen molar-refractivity contribution in [2.45, 2.75) is 35.9 Å². The van der Waals surface area contributed by atoms with Gasteiger partial charge in [0.1, 0.15) is 11.3 Å². The molecule has 1 heterocycles. The molecule has 2 N–H and O–H groups in total. The highest BCUT2D eigenvalue weighted by Crippen LogP contribution is 2.35. The zero-order valence-electron chi connectivity index (χ0n) is 19.8. The molecule has 0 radical (unpaired) electrons. The molecule has 184 valence electrons. The molecule has 0 fully saturated rings. The third-order valence-electron chi connectivity index (χ3n) is 6.04. The Hall–Kier alpha value is -3.39. The quantitative estimate of drug-likeness (QED) is 0.278. The monoisotopic (exact) mass is 519 g/mol. The van der Waals surface area contributed by atoms with Gasteiger partial charge in [-0.2, -0.15) is 5.10 Å². The molecular weight excluding hydrogens is 494 g/mol. The molecule has 5 aromatic rings. The standard InChI is InChI=1S/C28H26ClN3O3S/c1-19(30)15-16-35-25-13-6-12-24-27(25)32(18-20-7-4-10-22(29)17-20)31-28(24)36(33,34)26-14-5-9-21-8-2-3-11-23(21)26/h2-14,17,19H,15-16,18,30H2,1H3. The van der Waals surface area contributed by atoms with Crippen LogP contribution < -0.4 is 10.5 Å². The number of para-hydroxylation sites is 1. The SMILES string of the molecule is CC(N)CCOc1cccc2c(S(=O)(=O)c3cccc4ccccc34)nn(Cc3cccc(Cl)c3)c12. The summed E-state index contributed by atoms with van der Waals surface area (Å²) in [4.78, 5) is 0.221. The molecule has 5 rings (SSSR count). The minimum Gasteiger partial charge on any atom is -0.491 e. The predicted molar refractivity (Wildman–Crippen MR) is 143 cm³/mol. The Morgan fingerprint density at radius 3 is 2.50 bits per heavy atom. The highest BCUT2D eigenvalue weighted by Gasteiger charge is 2.28. The zero-order chi connectivity index (χ0) is 25.3. The van der Waals surface area contributed by atoms with Crippen LogP contribution in [0.4, 0.5) is 0 Å². The second-order valence-electron chi connectivity index (χ2n) is 8.84. The van der Waals surface area contributed by atoms with Crippen molar-refractivity contribution in [3.63, 3.8) is 0 Å². The maximum absolute atomic E-state index is 14.0. The lowest BCUT2D eigenvalue weighted by Crippen LogP contribution is -2.18. The van der Waals surface area contributed by atoms with E-state index in [2.05, 4.69) is 5.10 Å². The van der Waals surface area contributed by atoms with E-state index < -0.39 is 9.84 Å². The first-order chi connectivity index (χ1) is 17.3. The summed E-state index contributed by atoms with van der Waals surface area (Å²) in [5.74, 6) is 0.557. The van der Waals surface area contributed by atoms with Crippen LogP contribution >= 0.6 is 11.6 Å². The van der Waals surface area contributed by atoms with Gasteiger partial charge in [-0.3, -0.25) is 4.68 Å². The fourth-order valence-electron chi connectivity index (χ4n) is 4.30. The van der Waals surface area contributed by atoms with Gasteiger partial charge in [0.25, 0.3) is 0 Å². The third-order valence-corrected chi connectivity index (χ3v) is 8.03. The topological polar surface area (TPSA) is 87.2 Å². The number of hydrogen-bond donors (Lipinski definition) is 1. The summed E-state index contributed by atoms with van der Waals surface area (Å²) in [7, 11) is -3.96. The lowest BCUT2D eigenvalue weighted by atomic mass is 10.1. The van der Waals surface area contributed by atoms with Crippen LogP contribution in [-0.4, -0.2) is 30.8 Å². The van der Waals surface area contributed by atoms with Gasteiger partial charge >= 0.3 is 0 Å². The fraction of sp³-hybridized carbons (Fsp3) is 0.179. The van der Waals surface area contributed by atoms with E-state index in [-0.39, 0.29) is 16.0 Å². The Morgan fingerprint density at radius 2 is 1.69 bits per heavy atom. The number of hydrogen-bond acceptors (Lipinski definition) is 5. The molecule has 4 aromatic carbocycles. The van der Waals surface area contributed by atoms with E-state index in [1.165, 1.54) is 0 Å². The zero-order valence-corrected chi connectivity index (χ0v) is 21.3. The van der Waals surface area contributed by atoms with Gasteiger partial charge in [-0.15, -0.1) is 0 Å². The fourth-order valence-corrected chi connectivity index (χ4v) is 6.12. The molecule has 1 unspecified atom stereocenters. The van der Waals surface area contributed by atoms with Gasteiger partial charge in [0.15, 0.2) is 5.03 Å². The van der Waals surface area contributed by atoms with Crippen molar-refractivity contribution in [2.24, 2.45) is 5.73 Å². The van der Waals surface area contributed by atoms with Gasteiger partial charge in [0.2, 0.25) is 9.84 Å². The van der Waals surface area contributed by atoms with Crippen LogP contribution in [0, 0.1) is 0 Å². The maximum Gasteiger partial charge on any atom is 0.226 e. The first-order valence-electron chi connectivity index (χ1n) is 11.7. The molecule has 0 bridgehead atoms. The summed E-state index contributed by atoms with van der Waals surface area (Å²) in [5.41, 5.74) is 7.40. The van der Waals surface area contributed by atoms with Crippen molar-refractivity contribution in [1.29, 1.82) is 0 Å². The Morgan fingerprint density at radius 1 is 0.972 bits per heavy atom. The summed E-state index contributed by atoms with van der Waals surface area (Å²) in [6.45, 7) is 2.66. The Bertz CT molecular complexity index is 1660. The number of fused-ring (bicyclic) bond motifs is 2. The Balaban J connectivity index is 1.69. The first-order valence-corrected chi connectivity index (χ1v) is 13.6. The lowest BCUT2D eigenvalue weighted by Gasteiger charge is -2.11. The van der Waals surface area contributed by atoms with Crippen molar-refractivity contribution < 1.29 is 13.2 Å². The average Bonchev–Trinajstić information content (AvgIpc) is 3.23. The largest absolute Gasteiger partial charge is 0.491 e. The Kier molecular flexibility index (Phi) is 6.71. The molecule has 1 aromatic heterocycles. The van der Waals surface area contributed by atoms with Crippen LogP contribution in [0.2, 0.25) is 5.02 Å². The van der Waals surface area contributed by atoms with Gasteiger partial charge < -0.3 is 10.5 Å². The maximum atomic E-state index is 14.0. The molecule has 6 nitrogen and oxygen atoms in total. The highest BCUT2D eigenvalue weighted by atomic mass is 35.5. The number of halogens is 1. The van der Waals surface area contributed by atoms with E-state index in [0.717, 1.165) is 10.9 Å². The van der Waals surface area contributed by atoms with Crippen molar-refractivity contribution in [1.82, 2.24) is 9.78 Å². The van der Waals surface area contributed by atoms with E-state index in [9.17, 15) is 8.42 Å². The first kappa shape index (κ1) is 24.3. The number of benzene rings is 4. The molecular formula is C28H26ClN3O3S. The van der Waals surface area contributed by atoms with Crippen molar-refractivity contribution in [3.8, 4) is 5.75 Å². The van der Waals surface area contributed by atoms with E-state index in [0.29, 0.717) is 46.6 Å². The van der Waals surface area contributed by atoms with Crippen LogP contribution in [0.5, 0.6) is 5.75 Å². The van der Waals surface area contributed by atoms with Crippen LogP contribution in [0.15, 0.2) is 94.9 Å². The molecule has 0 aliphatic heterocycles. The number of rotatable bonds is 8. The summed E-state index contributed by atoms with van der Waals surface area (Å²) in [6, 6.07) is 25.5. The number of sulfone groups is 1. The smallest absolute Gasteiger partial charge is 0.226 e. The van der Waals surface area contributed by atoms with Crippen LogP contribution in [-0.2, 0) is 16.4 Å².